The summed E-state index contributed by atoms with van der Waals surface area (Å²) in [6.45, 7) is 4.74. The fraction of sp³-hybridized carbons (Fsp3) is 0.250. The van der Waals surface area contributed by atoms with E-state index in [2.05, 4.69) is 19.2 Å². The van der Waals surface area contributed by atoms with Crippen LogP contribution in [0.3, 0.4) is 0 Å². The van der Waals surface area contributed by atoms with Gasteiger partial charge >= 0.3 is 0 Å². The second-order valence-corrected chi connectivity index (χ2v) is 9.23. The summed E-state index contributed by atoms with van der Waals surface area (Å²) in [6.07, 6.45) is 0. The van der Waals surface area contributed by atoms with E-state index in [-0.39, 0.29) is 23.8 Å². The second kappa shape index (κ2) is 8.62. The third-order valence-corrected chi connectivity index (χ3v) is 6.52. The molecule has 3 aromatic rings. The molecule has 0 saturated heterocycles. The highest BCUT2D eigenvalue weighted by molar-refractivity contribution is 7.10. The zero-order chi connectivity index (χ0) is 21.3. The van der Waals surface area contributed by atoms with Crippen molar-refractivity contribution in [3.8, 4) is 0 Å². The maximum absolute atomic E-state index is 13.6. The van der Waals surface area contributed by atoms with Gasteiger partial charge in [-0.15, -0.1) is 11.3 Å². The quantitative estimate of drug-likeness (QED) is 0.532. The summed E-state index contributed by atoms with van der Waals surface area (Å²) in [5.41, 5.74) is 1.91. The van der Waals surface area contributed by atoms with Crippen molar-refractivity contribution < 1.29 is 9.59 Å². The van der Waals surface area contributed by atoms with Gasteiger partial charge < -0.3 is 10.2 Å². The van der Waals surface area contributed by atoms with E-state index in [0.717, 1.165) is 10.4 Å². The van der Waals surface area contributed by atoms with Crippen LogP contribution in [0.15, 0.2) is 66.0 Å². The lowest BCUT2D eigenvalue weighted by molar-refractivity contribution is -0.119. The molecule has 0 aliphatic carbocycles. The molecule has 1 aromatic heterocycles. The van der Waals surface area contributed by atoms with Crippen molar-refractivity contribution in [1.82, 2.24) is 4.90 Å². The molecule has 2 aromatic carbocycles. The molecule has 0 spiro atoms. The monoisotopic (exact) mass is 438 g/mol. The molecule has 2 heterocycles. The van der Waals surface area contributed by atoms with E-state index in [4.69, 9.17) is 11.6 Å². The third-order valence-electron chi connectivity index (χ3n) is 5.25. The predicted molar refractivity (Wildman–Crippen MR) is 122 cm³/mol. The fourth-order valence-electron chi connectivity index (χ4n) is 4.02. The molecule has 0 bridgehead atoms. The van der Waals surface area contributed by atoms with E-state index in [0.29, 0.717) is 22.8 Å². The van der Waals surface area contributed by atoms with Crippen LogP contribution in [0.25, 0.3) is 0 Å². The number of amides is 2. The molecule has 1 aliphatic heterocycles. The van der Waals surface area contributed by atoms with Crippen molar-refractivity contribution in [3.63, 3.8) is 0 Å². The van der Waals surface area contributed by atoms with Crippen molar-refractivity contribution in [2.75, 3.05) is 11.9 Å². The highest BCUT2D eigenvalue weighted by atomic mass is 35.5. The number of anilines is 1. The molecule has 0 fully saturated rings. The molecule has 154 valence electrons. The van der Waals surface area contributed by atoms with Crippen LogP contribution in [0.4, 0.5) is 5.69 Å². The standard InChI is InChI=1S/C24H23ClN2O2S/c1-15(2)14-27-22(20-12-7-13-30-20)21(16-8-3-4-9-17(16)24(27)29)23(28)26-19-11-6-5-10-18(19)25/h3-13,15,21-22H,14H2,1-2H3,(H,26,28)/t21-,22-/m0/s1. The number of rotatable bonds is 5. The number of hydrogen-bond acceptors (Lipinski definition) is 3. The number of thiophene rings is 1. The molecule has 4 nitrogen and oxygen atoms in total. The molecule has 0 radical (unpaired) electrons. The predicted octanol–water partition coefficient (Wildman–Crippen LogP) is 5.98. The summed E-state index contributed by atoms with van der Waals surface area (Å²) in [7, 11) is 0. The molecule has 2 amide bonds. The van der Waals surface area contributed by atoms with Crippen molar-refractivity contribution in [1.29, 1.82) is 0 Å². The van der Waals surface area contributed by atoms with E-state index in [1.807, 2.05) is 58.8 Å². The van der Waals surface area contributed by atoms with Crippen molar-refractivity contribution in [3.05, 3.63) is 87.1 Å². The van der Waals surface area contributed by atoms with Crippen LogP contribution in [-0.4, -0.2) is 23.3 Å². The van der Waals surface area contributed by atoms with Crippen LogP contribution in [0.5, 0.6) is 0 Å². The van der Waals surface area contributed by atoms with Gasteiger partial charge in [0.15, 0.2) is 0 Å². The summed E-state index contributed by atoms with van der Waals surface area (Å²) in [4.78, 5) is 29.9. The van der Waals surface area contributed by atoms with Gasteiger partial charge in [0, 0.05) is 17.0 Å². The molecule has 1 N–H and O–H groups in total. The van der Waals surface area contributed by atoms with Gasteiger partial charge in [0.05, 0.1) is 22.7 Å². The van der Waals surface area contributed by atoms with Crippen LogP contribution in [0.2, 0.25) is 5.02 Å². The number of carbonyl (C=O) groups excluding carboxylic acids is 2. The van der Waals surface area contributed by atoms with Crippen LogP contribution in [0.1, 0.15) is 46.6 Å². The number of nitrogens with one attached hydrogen (secondary N) is 1. The highest BCUT2D eigenvalue weighted by Gasteiger charge is 2.44. The Morgan fingerprint density at radius 3 is 2.53 bits per heavy atom. The smallest absolute Gasteiger partial charge is 0.254 e. The lowest BCUT2D eigenvalue weighted by Gasteiger charge is -2.42. The Balaban J connectivity index is 1.83. The van der Waals surface area contributed by atoms with Gasteiger partial charge in [-0.05, 0) is 41.1 Å². The fourth-order valence-corrected chi connectivity index (χ4v) is 5.08. The number of fused-ring (bicyclic) bond motifs is 1. The first-order chi connectivity index (χ1) is 14.5. The Morgan fingerprint density at radius 1 is 1.10 bits per heavy atom. The summed E-state index contributed by atoms with van der Waals surface area (Å²) in [6, 6.07) is 18.2. The van der Waals surface area contributed by atoms with E-state index in [9.17, 15) is 9.59 Å². The highest BCUT2D eigenvalue weighted by Crippen LogP contribution is 2.45. The number of nitrogens with zero attached hydrogens (tertiary/aromatic N) is 1. The summed E-state index contributed by atoms with van der Waals surface area (Å²) in [5, 5.41) is 5.46. The van der Waals surface area contributed by atoms with Crippen LogP contribution in [0, 0.1) is 5.92 Å². The van der Waals surface area contributed by atoms with E-state index >= 15 is 0 Å². The van der Waals surface area contributed by atoms with Gasteiger partial charge in [0.1, 0.15) is 0 Å². The first-order valence-corrected chi connectivity index (χ1v) is 11.2. The van der Waals surface area contributed by atoms with Crippen molar-refractivity contribution in [2.45, 2.75) is 25.8 Å². The maximum Gasteiger partial charge on any atom is 0.254 e. The van der Waals surface area contributed by atoms with E-state index in [1.165, 1.54) is 0 Å². The lowest BCUT2D eigenvalue weighted by Crippen LogP contribution is -2.47. The molecular weight excluding hydrogens is 416 g/mol. The summed E-state index contributed by atoms with van der Waals surface area (Å²) < 4.78 is 0. The molecule has 0 saturated carbocycles. The van der Waals surface area contributed by atoms with Gasteiger partial charge in [-0.25, -0.2) is 0 Å². The van der Waals surface area contributed by atoms with Crippen molar-refractivity contribution >= 4 is 40.4 Å². The summed E-state index contributed by atoms with van der Waals surface area (Å²) >= 11 is 7.85. The Morgan fingerprint density at radius 2 is 1.83 bits per heavy atom. The number of halogens is 1. The third kappa shape index (κ3) is 3.87. The SMILES string of the molecule is CC(C)CN1C(=O)c2ccccc2[C@H](C(=O)Nc2ccccc2Cl)[C@@H]1c1cccs1. The zero-order valence-electron chi connectivity index (χ0n) is 16.8. The molecular formula is C24H23ClN2O2S. The Bertz CT molecular complexity index is 1060. The number of benzene rings is 2. The van der Waals surface area contributed by atoms with Gasteiger partial charge in [0.25, 0.3) is 5.91 Å². The minimum absolute atomic E-state index is 0.0282. The average Bonchev–Trinajstić information content (AvgIpc) is 3.25. The van der Waals surface area contributed by atoms with Crippen LogP contribution >= 0.6 is 22.9 Å². The normalized spacial score (nSPS) is 18.4. The molecule has 0 unspecified atom stereocenters. The van der Waals surface area contributed by atoms with Gasteiger partial charge in [0.2, 0.25) is 5.91 Å². The van der Waals surface area contributed by atoms with Crippen LogP contribution in [-0.2, 0) is 4.79 Å². The van der Waals surface area contributed by atoms with Gasteiger partial charge in [-0.2, -0.15) is 0 Å². The Kier molecular flexibility index (Phi) is 5.93. The number of carbonyl (C=O) groups is 2. The van der Waals surface area contributed by atoms with Crippen molar-refractivity contribution in [2.24, 2.45) is 5.92 Å². The van der Waals surface area contributed by atoms with E-state index < -0.39 is 5.92 Å². The molecule has 30 heavy (non-hydrogen) atoms. The molecule has 1 aliphatic rings. The first kappa shape index (κ1) is 20.6. The Hall–Kier alpha value is -2.63. The number of hydrogen-bond donors (Lipinski definition) is 1. The van der Waals surface area contributed by atoms with Crippen LogP contribution < -0.4 is 5.32 Å². The van der Waals surface area contributed by atoms with Gasteiger partial charge in [-0.1, -0.05) is 61.8 Å². The summed E-state index contributed by atoms with van der Waals surface area (Å²) in [5.74, 6) is -0.462. The zero-order valence-corrected chi connectivity index (χ0v) is 18.4. The molecule has 6 heteroatoms. The second-order valence-electron chi connectivity index (χ2n) is 7.85. The molecule has 2 atom stereocenters. The molecule has 4 rings (SSSR count). The van der Waals surface area contributed by atoms with Gasteiger partial charge in [-0.3, -0.25) is 9.59 Å². The minimum atomic E-state index is -0.535. The average molecular weight is 439 g/mol. The minimum Gasteiger partial charge on any atom is -0.329 e. The van der Waals surface area contributed by atoms with E-state index in [1.54, 1.807) is 23.5 Å². The largest absolute Gasteiger partial charge is 0.329 e. The first-order valence-electron chi connectivity index (χ1n) is 9.96. The lowest BCUT2D eigenvalue weighted by atomic mass is 9.81. The Labute approximate surface area is 185 Å². The topological polar surface area (TPSA) is 49.4 Å². The number of para-hydroxylation sites is 1. The maximum atomic E-state index is 13.6.